The summed E-state index contributed by atoms with van der Waals surface area (Å²) in [5.74, 6) is 1.87. The van der Waals surface area contributed by atoms with Crippen LogP contribution in [0.3, 0.4) is 0 Å². The average Bonchev–Trinajstić information content (AvgIpc) is 3.33. The molecule has 2 heterocycles. The molecule has 1 saturated carbocycles. The molecule has 0 amide bonds. The minimum absolute atomic E-state index is 0.0323. The molecule has 0 radical (unpaired) electrons. The molecule has 4 rings (SSSR count). The van der Waals surface area contributed by atoms with Gasteiger partial charge < -0.3 is 14.9 Å². The largest absolute Gasteiger partial charge is 0.397 e. The Hall–Kier alpha value is -2.56. The van der Waals surface area contributed by atoms with Crippen LogP contribution in [0.25, 0.3) is 22.2 Å². The molecule has 0 aliphatic heterocycles. The molecule has 0 spiro atoms. The fourth-order valence-corrected chi connectivity index (χ4v) is 3.53. The number of hydrogen-bond acceptors (Lipinski definition) is 3. The van der Waals surface area contributed by atoms with Crippen LogP contribution in [0.5, 0.6) is 0 Å². The summed E-state index contributed by atoms with van der Waals surface area (Å²) in [5, 5.41) is 0. The maximum Gasteiger partial charge on any atom is 0.253 e. The number of pyridine rings is 1. The van der Waals surface area contributed by atoms with Gasteiger partial charge in [-0.25, -0.2) is 4.98 Å². The standard InChI is InChI=1S/C20H24N4O/c1-4-18-22-19-16(21)8-14(9-17(19)24(18)10-13-5-6-13)15-7-12(2)20(25)23(3)11-15/h7-9,11,13H,4-6,10,21H2,1-3H3. The zero-order valence-corrected chi connectivity index (χ0v) is 15.0. The molecule has 5 heteroatoms. The first-order valence-corrected chi connectivity index (χ1v) is 8.94. The van der Waals surface area contributed by atoms with Gasteiger partial charge in [-0.2, -0.15) is 0 Å². The molecular weight excluding hydrogens is 312 g/mol. The Bertz CT molecular complexity index is 998. The molecule has 2 aromatic heterocycles. The second kappa shape index (κ2) is 5.76. The van der Waals surface area contributed by atoms with Gasteiger partial charge in [0.05, 0.1) is 11.2 Å². The lowest BCUT2D eigenvalue weighted by Gasteiger charge is -2.10. The third kappa shape index (κ3) is 2.73. The van der Waals surface area contributed by atoms with Gasteiger partial charge in [0.15, 0.2) is 0 Å². The molecule has 0 saturated heterocycles. The quantitative estimate of drug-likeness (QED) is 0.744. The van der Waals surface area contributed by atoms with Crippen molar-refractivity contribution in [3.63, 3.8) is 0 Å². The smallest absolute Gasteiger partial charge is 0.253 e. The topological polar surface area (TPSA) is 65.8 Å². The highest BCUT2D eigenvalue weighted by Crippen LogP contribution is 2.35. The predicted molar refractivity (Wildman–Crippen MR) is 102 cm³/mol. The number of anilines is 1. The van der Waals surface area contributed by atoms with E-state index in [1.54, 1.807) is 11.6 Å². The van der Waals surface area contributed by atoms with E-state index in [9.17, 15) is 4.79 Å². The molecule has 1 aliphatic rings. The summed E-state index contributed by atoms with van der Waals surface area (Å²) in [6.07, 6.45) is 5.38. The number of nitrogens with two attached hydrogens (primary N) is 1. The van der Waals surface area contributed by atoms with Crippen molar-refractivity contribution < 1.29 is 0 Å². The Kier molecular flexibility index (Phi) is 3.67. The summed E-state index contributed by atoms with van der Waals surface area (Å²) in [5.41, 5.74) is 11.8. The van der Waals surface area contributed by atoms with E-state index in [0.29, 0.717) is 5.69 Å². The van der Waals surface area contributed by atoms with Crippen LogP contribution in [0.15, 0.2) is 29.2 Å². The molecule has 0 atom stereocenters. The lowest BCUT2D eigenvalue weighted by molar-refractivity contribution is 0.614. The number of rotatable bonds is 4. The number of fused-ring (bicyclic) bond motifs is 1. The van der Waals surface area contributed by atoms with Gasteiger partial charge in [-0.15, -0.1) is 0 Å². The van der Waals surface area contributed by atoms with Crippen LogP contribution < -0.4 is 11.3 Å². The maximum absolute atomic E-state index is 12.0. The van der Waals surface area contributed by atoms with Gasteiger partial charge in [0.25, 0.3) is 5.56 Å². The molecule has 2 N–H and O–H groups in total. The average molecular weight is 336 g/mol. The number of imidazole rings is 1. The summed E-state index contributed by atoms with van der Waals surface area (Å²) >= 11 is 0. The van der Waals surface area contributed by atoms with E-state index in [0.717, 1.165) is 52.4 Å². The normalized spacial score (nSPS) is 14.4. The summed E-state index contributed by atoms with van der Waals surface area (Å²) in [6, 6.07) is 6.07. The van der Waals surface area contributed by atoms with Crippen LogP contribution in [0.1, 0.15) is 31.2 Å². The van der Waals surface area contributed by atoms with E-state index in [2.05, 4.69) is 17.6 Å². The fourth-order valence-electron chi connectivity index (χ4n) is 3.53. The fraction of sp³-hybridized carbons (Fsp3) is 0.400. The second-order valence-corrected chi connectivity index (χ2v) is 7.20. The number of nitrogens with zero attached hydrogens (tertiary/aromatic N) is 3. The second-order valence-electron chi connectivity index (χ2n) is 7.20. The third-order valence-corrected chi connectivity index (χ3v) is 5.11. The molecule has 3 aromatic rings. The van der Waals surface area contributed by atoms with Crippen molar-refractivity contribution in [3.05, 3.63) is 46.1 Å². The van der Waals surface area contributed by atoms with Gasteiger partial charge in [0, 0.05) is 31.8 Å². The van der Waals surface area contributed by atoms with Gasteiger partial charge in [-0.1, -0.05) is 6.92 Å². The minimum Gasteiger partial charge on any atom is -0.397 e. The van der Waals surface area contributed by atoms with Crippen molar-refractivity contribution in [1.29, 1.82) is 0 Å². The van der Waals surface area contributed by atoms with Crippen molar-refractivity contribution >= 4 is 16.7 Å². The molecule has 1 aliphatic carbocycles. The molecule has 1 aromatic carbocycles. The SMILES string of the molecule is CCc1nc2c(N)cc(-c3cc(C)c(=O)n(C)c3)cc2n1CC1CC1. The highest BCUT2D eigenvalue weighted by molar-refractivity contribution is 5.92. The van der Waals surface area contributed by atoms with Crippen LogP contribution in [-0.2, 0) is 20.0 Å². The van der Waals surface area contributed by atoms with E-state index in [4.69, 9.17) is 10.7 Å². The maximum atomic E-state index is 12.0. The third-order valence-electron chi connectivity index (χ3n) is 5.11. The summed E-state index contributed by atoms with van der Waals surface area (Å²) in [6.45, 7) is 5.01. The molecule has 25 heavy (non-hydrogen) atoms. The van der Waals surface area contributed by atoms with E-state index < -0.39 is 0 Å². The van der Waals surface area contributed by atoms with Crippen LogP contribution in [0, 0.1) is 12.8 Å². The summed E-state index contributed by atoms with van der Waals surface area (Å²) in [7, 11) is 1.78. The highest BCUT2D eigenvalue weighted by atomic mass is 16.1. The first-order valence-electron chi connectivity index (χ1n) is 8.94. The summed E-state index contributed by atoms with van der Waals surface area (Å²) < 4.78 is 3.96. The van der Waals surface area contributed by atoms with Crippen LogP contribution in [-0.4, -0.2) is 14.1 Å². The van der Waals surface area contributed by atoms with E-state index in [1.165, 1.54) is 12.8 Å². The first-order chi connectivity index (χ1) is 12.0. The summed E-state index contributed by atoms with van der Waals surface area (Å²) in [4.78, 5) is 16.8. The van der Waals surface area contributed by atoms with Gasteiger partial charge >= 0.3 is 0 Å². The number of aryl methyl sites for hydroxylation is 3. The zero-order chi connectivity index (χ0) is 17.7. The molecule has 0 unspecified atom stereocenters. The zero-order valence-electron chi connectivity index (χ0n) is 15.0. The Labute approximate surface area is 147 Å². The van der Waals surface area contributed by atoms with E-state index in [-0.39, 0.29) is 5.56 Å². The van der Waals surface area contributed by atoms with E-state index in [1.807, 2.05) is 25.3 Å². The van der Waals surface area contributed by atoms with E-state index >= 15 is 0 Å². The molecule has 0 bridgehead atoms. The number of hydrogen-bond donors (Lipinski definition) is 1. The van der Waals surface area contributed by atoms with Gasteiger partial charge in [-0.3, -0.25) is 4.79 Å². The first kappa shape index (κ1) is 15.9. The van der Waals surface area contributed by atoms with Crippen LogP contribution >= 0.6 is 0 Å². The lowest BCUT2D eigenvalue weighted by Crippen LogP contribution is -2.18. The van der Waals surface area contributed by atoms with Crippen molar-refractivity contribution in [2.75, 3.05) is 5.73 Å². The van der Waals surface area contributed by atoms with Gasteiger partial charge in [-0.05, 0) is 55.0 Å². The highest BCUT2D eigenvalue weighted by Gasteiger charge is 2.24. The Morgan fingerprint density at radius 2 is 2.00 bits per heavy atom. The van der Waals surface area contributed by atoms with Gasteiger partial charge in [0.2, 0.25) is 0 Å². The van der Waals surface area contributed by atoms with Crippen molar-refractivity contribution in [1.82, 2.24) is 14.1 Å². The Balaban J connectivity index is 1.92. The molecule has 5 nitrogen and oxygen atoms in total. The van der Waals surface area contributed by atoms with Gasteiger partial charge in [0.1, 0.15) is 11.3 Å². The number of nitrogen functional groups attached to an aromatic ring is 1. The Morgan fingerprint density at radius 1 is 1.24 bits per heavy atom. The number of aromatic nitrogens is 3. The lowest BCUT2D eigenvalue weighted by atomic mass is 10.0. The molecular formula is C20H24N4O. The minimum atomic E-state index is 0.0323. The molecule has 1 fully saturated rings. The van der Waals surface area contributed by atoms with Crippen molar-refractivity contribution in [3.8, 4) is 11.1 Å². The predicted octanol–water partition coefficient (Wildman–Crippen LogP) is 3.27. The van der Waals surface area contributed by atoms with Crippen molar-refractivity contribution in [2.45, 2.75) is 39.7 Å². The van der Waals surface area contributed by atoms with Crippen LogP contribution in [0.4, 0.5) is 5.69 Å². The molecule has 130 valence electrons. The number of benzene rings is 1. The van der Waals surface area contributed by atoms with Crippen LogP contribution in [0.2, 0.25) is 0 Å². The Morgan fingerprint density at radius 3 is 2.64 bits per heavy atom. The van der Waals surface area contributed by atoms with Crippen molar-refractivity contribution in [2.24, 2.45) is 13.0 Å². The monoisotopic (exact) mass is 336 g/mol.